The maximum absolute atomic E-state index is 11.9. The molecule has 1 aliphatic heterocycles. The van der Waals surface area contributed by atoms with E-state index in [0.29, 0.717) is 19.6 Å². The normalized spacial score (nSPS) is 20.6. The van der Waals surface area contributed by atoms with E-state index in [1.807, 2.05) is 52.2 Å². The highest BCUT2D eigenvalue weighted by molar-refractivity contribution is 5.92. The summed E-state index contributed by atoms with van der Waals surface area (Å²) in [6.07, 6.45) is -0.0708. The summed E-state index contributed by atoms with van der Waals surface area (Å²) in [5.74, 6) is -0.0433. The molecule has 1 aromatic carbocycles. The van der Waals surface area contributed by atoms with Gasteiger partial charge in [0, 0.05) is 24.6 Å². The molecule has 1 heterocycles. The van der Waals surface area contributed by atoms with Gasteiger partial charge in [-0.2, -0.15) is 0 Å². The van der Waals surface area contributed by atoms with Crippen LogP contribution in [0.5, 0.6) is 0 Å². The molecule has 0 saturated carbocycles. The van der Waals surface area contributed by atoms with Gasteiger partial charge < -0.3 is 20.1 Å². The molecular weight excluding hydrogens is 280 g/mol. The number of hydrogen-bond acceptors (Lipinski definition) is 4. The largest absolute Gasteiger partial charge is 0.388 e. The Morgan fingerprint density at radius 3 is 2.55 bits per heavy atom. The number of hydrogen-bond donors (Lipinski definition) is 2. The molecule has 5 heteroatoms. The third-order valence-corrected chi connectivity index (χ3v) is 3.39. The van der Waals surface area contributed by atoms with Crippen LogP contribution in [0.2, 0.25) is 0 Å². The summed E-state index contributed by atoms with van der Waals surface area (Å²) in [4.78, 5) is 13.6. The van der Waals surface area contributed by atoms with Crippen LogP contribution in [0, 0.1) is 0 Å². The number of nitrogens with zero attached hydrogens (tertiary/aromatic N) is 1. The van der Waals surface area contributed by atoms with Crippen LogP contribution in [-0.2, 0) is 9.53 Å². The zero-order valence-corrected chi connectivity index (χ0v) is 14.2. The molecule has 0 aromatic heterocycles. The Hall–Kier alpha value is -1.43. The van der Waals surface area contributed by atoms with Crippen molar-refractivity contribution in [3.8, 4) is 0 Å². The van der Waals surface area contributed by atoms with Crippen LogP contribution < -0.4 is 10.2 Å². The van der Waals surface area contributed by atoms with Gasteiger partial charge in [-0.3, -0.25) is 4.79 Å². The van der Waals surface area contributed by atoms with Gasteiger partial charge in [-0.15, -0.1) is 0 Å². The van der Waals surface area contributed by atoms with E-state index in [9.17, 15) is 9.90 Å². The van der Waals surface area contributed by atoms with Crippen molar-refractivity contribution in [1.29, 1.82) is 0 Å². The van der Waals surface area contributed by atoms with Crippen molar-refractivity contribution in [3.63, 3.8) is 0 Å². The van der Waals surface area contributed by atoms with E-state index >= 15 is 0 Å². The van der Waals surface area contributed by atoms with Crippen LogP contribution in [0.1, 0.15) is 38.9 Å². The molecule has 1 aliphatic rings. The molecule has 0 spiro atoms. The van der Waals surface area contributed by atoms with Crippen molar-refractivity contribution in [1.82, 2.24) is 5.32 Å². The molecule has 2 rings (SSSR count). The van der Waals surface area contributed by atoms with Crippen LogP contribution in [0.4, 0.5) is 5.69 Å². The van der Waals surface area contributed by atoms with Crippen molar-refractivity contribution in [2.45, 2.75) is 38.9 Å². The fourth-order valence-electron chi connectivity index (χ4n) is 2.41. The van der Waals surface area contributed by atoms with Crippen LogP contribution in [-0.4, -0.2) is 43.9 Å². The van der Waals surface area contributed by atoms with Crippen molar-refractivity contribution >= 4 is 11.6 Å². The molecule has 1 aromatic rings. The molecule has 0 fully saturated rings. The van der Waals surface area contributed by atoms with Gasteiger partial charge in [-0.25, -0.2) is 0 Å². The summed E-state index contributed by atoms with van der Waals surface area (Å²) in [6, 6.07) is 7.51. The number of nitrogens with one attached hydrogen (secondary N) is 1. The van der Waals surface area contributed by atoms with Crippen LogP contribution in [0.3, 0.4) is 0 Å². The SMILES string of the molecule is CC(=O)N1CC(C)(C)OCCC(O)c2ccccc21.CNC. The van der Waals surface area contributed by atoms with E-state index in [0.717, 1.165) is 11.3 Å². The Morgan fingerprint density at radius 1 is 1.36 bits per heavy atom. The predicted octanol–water partition coefficient (Wildman–Crippen LogP) is 2.11. The Balaban J connectivity index is 0.000000745. The van der Waals surface area contributed by atoms with Gasteiger partial charge in [0.1, 0.15) is 0 Å². The summed E-state index contributed by atoms with van der Waals surface area (Å²) in [5.41, 5.74) is 1.14. The van der Waals surface area contributed by atoms with Crippen LogP contribution in [0.25, 0.3) is 0 Å². The number of rotatable bonds is 0. The summed E-state index contributed by atoms with van der Waals surface area (Å²) in [7, 11) is 3.75. The van der Waals surface area contributed by atoms with E-state index < -0.39 is 11.7 Å². The van der Waals surface area contributed by atoms with Gasteiger partial charge in [0.2, 0.25) is 5.91 Å². The molecule has 0 saturated heterocycles. The minimum atomic E-state index is -0.605. The molecule has 2 N–H and O–H groups in total. The third-order valence-electron chi connectivity index (χ3n) is 3.39. The Kier molecular flexibility index (Phi) is 7.00. The van der Waals surface area contributed by atoms with Gasteiger partial charge in [0.15, 0.2) is 0 Å². The summed E-state index contributed by atoms with van der Waals surface area (Å²) >= 11 is 0. The average molecular weight is 308 g/mol. The first-order valence-corrected chi connectivity index (χ1v) is 7.60. The van der Waals surface area contributed by atoms with Gasteiger partial charge in [-0.1, -0.05) is 18.2 Å². The topological polar surface area (TPSA) is 61.8 Å². The lowest BCUT2D eigenvalue weighted by molar-refractivity contribution is -0.117. The number of aliphatic hydroxyl groups is 1. The molecule has 0 aliphatic carbocycles. The van der Waals surface area contributed by atoms with Crippen molar-refractivity contribution in [3.05, 3.63) is 29.8 Å². The van der Waals surface area contributed by atoms with Crippen molar-refractivity contribution < 1.29 is 14.6 Å². The van der Waals surface area contributed by atoms with Gasteiger partial charge >= 0.3 is 0 Å². The second kappa shape index (κ2) is 8.27. The lowest BCUT2D eigenvalue weighted by atomic mass is 10.0. The maximum Gasteiger partial charge on any atom is 0.223 e. The number of fused-ring (bicyclic) bond motifs is 1. The number of carbonyl (C=O) groups excluding carboxylic acids is 1. The summed E-state index contributed by atoms with van der Waals surface area (Å²) < 4.78 is 5.78. The Bertz CT molecular complexity index is 489. The van der Waals surface area contributed by atoms with E-state index in [4.69, 9.17) is 4.74 Å². The average Bonchev–Trinajstić information content (AvgIpc) is 2.49. The third kappa shape index (κ3) is 5.09. The number of para-hydroxylation sites is 1. The quantitative estimate of drug-likeness (QED) is 0.770. The predicted molar refractivity (Wildman–Crippen MR) is 89.1 cm³/mol. The smallest absolute Gasteiger partial charge is 0.223 e. The highest BCUT2D eigenvalue weighted by atomic mass is 16.5. The molecule has 0 bridgehead atoms. The highest BCUT2D eigenvalue weighted by Gasteiger charge is 2.29. The van der Waals surface area contributed by atoms with E-state index in [-0.39, 0.29) is 5.91 Å². The van der Waals surface area contributed by atoms with Gasteiger partial charge in [0.25, 0.3) is 0 Å². The lowest BCUT2D eigenvalue weighted by Gasteiger charge is -2.32. The number of aliphatic hydroxyl groups excluding tert-OH is 1. The number of benzene rings is 1. The molecule has 0 radical (unpaired) electrons. The number of anilines is 1. The zero-order valence-electron chi connectivity index (χ0n) is 14.2. The van der Waals surface area contributed by atoms with E-state index in [2.05, 4.69) is 5.32 Å². The van der Waals surface area contributed by atoms with E-state index in [1.165, 1.54) is 6.92 Å². The zero-order chi connectivity index (χ0) is 16.8. The van der Waals surface area contributed by atoms with Gasteiger partial charge in [-0.05, 0) is 34.0 Å². The number of amides is 1. The molecule has 22 heavy (non-hydrogen) atoms. The molecule has 1 unspecified atom stereocenters. The van der Waals surface area contributed by atoms with Gasteiger partial charge in [0.05, 0.1) is 24.9 Å². The van der Waals surface area contributed by atoms with E-state index in [1.54, 1.807) is 4.90 Å². The monoisotopic (exact) mass is 308 g/mol. The Morgan fingerprint density at radius 2 is 1.95 bits per heavy atom. The summed E-state index contributed by atoms with van der Waals surface area (Å²) in [6.45, 7) is 6.42. The van der Waals surface area contributed by atoms with Crippen molar-refractivity contribution in [2.75, 3.05) is 32.1 Å². The molecule has 5 nitrogen and oxygen atoms in total. The minimum absolute atomic E-state index is 0.0433. The standard InChI is InChI=1S/C15H21NO3.C2H7N/c1-11(17)16-10-15(2,3)19-9-8-14(18)12-6-4-5-7-13(12)16;1-3-2/h4-7,14,18H,8-10H2,1-3H3;3H,1-2H3. The maximum atomic E-state index is 11.9. The number of ether oxygens (including phenoxy) is 1. The van der Waals surface area contributed by atoms with Crippen molar-refractivity contribution in [2.24, 2.45) is 0 Å². The fourth-order valence-corrected chi connectivity index (χ4v) is 2.41. The molecule has 124 valence electrons. The second-order valence-corrected chi connectivity index (χ2v) is 6.08. The summed E-state index contributed by atoms with van der Waals surface area (Å²) in [5, 5.41) is 13.0. The first-order chi connectivity index (χ1) is 10.3. The first-order valence-electron chi connectivity index (χ1n) is 7.60. The second-order valence-electron chi connectivity index (χ2n) is 6.08. The van der Waals surface area contributed by atoms with Crippen LogP contribution in [0.15, 0.2) is 24.3 Å². The van der Waals surface area contributed by atoms with Crippen LogP contribution >= 0.6 is 0 Å². The fraction of sp³-hybridized carbons (Fsp3) is 0.588. The molecule has 1 amide bonds. The highest BCUT2D eigenvalue weighted by Crippen LogP contribution is 2.32. The molecule has 1 atom stereocenters. The lowest BCUT2D eigenvalue weighted by Crippen LogP contribution is -2.43. The number of carbonyl (C=O) groups is 1. The first kappa shape index (κ1) is 18.6. The Labute approximate surface area is 133 Å². The minimum Gasteiger partial charge on any atom is -0.388 e. The molecular formula is C17H28N2O3.